The predicted molar refractivity (Wildman–Crippen MR) is 61.1 cm³/mol. The molecule has 16 heavy (non-hydrogen) atoms. The summed E-state index contributed by atoms with van der Waals surface area (Å²) in [6.45, 7) is 3.76. The summed E-state index contributed by atoms with van der Waals surface area (Å²) in [6.07, 6.45) is 0. The van der Waals surface area contributed by atoms with E-state index in [2.05, 4.69) is 31.8 Å². The number of rotatable bonds is 2. The number of anilines is 1. The second-order valence-corrected chi connectivity index (χ2v) is 4.02. The van der Waals surface area contributed by atoms with Crippen LogP contribution in [0.25, 0.3) is 0 Å². The van der Waals surface area contributed by atoms with Gasteiger partial charge in [-0.3, -0.25) is 0 Å². The van der Waals surface area contributed by atoms with Crippen molar-refractivity contribution in [3.8, 4) is 6.01 Å². The first-order valence-electron chi connectivity index (χ1n) is 5.08. The van der Waals surface area contributed by atoms with Crippen LogP contribution < -0.4 is 9.64 Å². The van der Waals surface area contributed by atoms with Gasteiger partial charge in [-0.2, -0.15) is 15.0 Å². The highest BCUT2D eigenvalue weighted by atomic mass is 35.5. The number of likely N-dealkylation sites (N-methyl/N-ethyl adjacent to an activating group) is 1. The van der Waals surface area contributed by atoms with Crippen LogP contribution in [0.3, 0.4) is 0 Å². The van der Waals surface area contributed by atoms with E-state index in [9.17, 15) is 0 Å². The summed E-state index contributed by atoms with van der Waals surface area (Å²) in [7, 11) is 3.61. The van der Waals surface area contributed by atoms with Crippen LogP contribution in [0.1, 0.15) is 0 Å². The molecule has 1 aromatic rings. The Kier molecular flexibility index (Phi) is 3.40. The lowest BCUT2D eigenvalue weighted by molar-refractivity contribution is 0.310. The van der Waals surface area contributed by atoms with Crippen LogP contribution in [0, 0.1) is 0 Å². The van der Waals surface area contributed by atoms with Gasteiger partial charge in [0, 0.05) is 26.2 Å². The Labute approximate surface area is 99.2 Å². The number of hydrogen-bond donors (Lipinski definition) is 0. The van der Waals surface area contributed by atoms with Crippen LogP contribution in [0.5, 0.6) is 6.01 Å². The number of aromatic nitrogens is 3. The van der Waals surface area contributed by atoms with Gasteiger partial charge in [-0.1, -0.05) is 0 Å². The highest BCUT2D eigenvalue weighted by Crippen LogP contribution is 2.15. The summed E-state index contributed by atoms with van der Waals surface area (Å²) >= 11 is 5.80. The van der Waals surface area contributed by atoms with Gasteiger partial charge in [0.25, 0.3) is 0 Å². The minimum absolute atomic E-state index is 0.167. The molecule has 0 unspecified atom stereocenters. The number of halogens is 1. The summed E-state index contributed by atoms with van der Waals surface area (Å²) < 4.78 is 4.96. The topological polar surface area (TPSA) is 54.4 Å². The number of ether oxygens (including phenoxy) is 1. The molecule has 0 aliphatic carbocycles. The van der Waals surface area contributed by atoms with Gasteiger partial charge in [-0.05, 0) is 18.6 Å². The fourth-order valence-electron chi connectivity index (χ4n) is 1.56. The Balaban J connectivity index is 2.16. The molecule has 2 heterocycles. The van der Waals surface area contributed by atoms with E-state index >= 15 is 0 Å². The first-order chi connectivity index (χ1) is 7.69. The second-order valence-electron chi connectivity index (χ2n) is 3.68. The summed E-state index contributed by atoms with van der Waals surface area (Å²) in [4.78, 5) is 16.5. The Morgan fingerprint density at radius 2 is 1.81 bits per heavy atom. The van der Waals surface area contributed by atoms with Crippen LogP contribution in [0.2, 0.25) is 5.28 Å². The lowest BCUT2D eigenvalue weighted by Gasteiger charge is -2.32. The lowest BCUT2D eigenvalue weighted by Crippen LogP contribution is -2.45. The molecule has 2 rings (SSSR count). The van der Waals surface area contributed by atoms with Crippen LogP contribution in [-0.2, 0) is 0 Å². The number of nitrogens with zero attached hydrogens (tertiary/aromatic N) is 5. The van der Waals surface area contributed by atoms with Gasteiger partial charge >= 0.3 is 6.01 Å². The molecule has 1 aromatic heterocycles. The van der Waals surface area contributed by atoms with E-state index < -0.39 is 0 Å². The van der Waals surface area contributed by atoms with E-state index in [0.29, 0.717) is 5.95 Å². The molecule has 7 heteroatoms. The monoisotopic (exact) mass is 243 g/mol. The highest BCUT2D eigenvalue weighted by molar-refractivity contribution is 6.28. The highest BCUT2D eigenvalue weighted by Gasteiger charge is 2.18. The van der Waals surface area contributed by atoms with Crippen molar-refractivity contribution in [3.05, 3.63) is 5.28 Å². The molecule has 1 aliphatic rings. The van der Waals surface area contributed by atoms with Gasteiger partial charge < -0.3 is 14.5 Å². The van der Waals surface area contributed by atoms with Gasteiger partial charge in [0.2, 0.25) is 11.2 Å². The van der Waals surface area contributed by atoms with E-state index in [4.69, 9.17) is 16.3 Å². The minimum Gasteiger partial charge on any atom is -0.467 e. The predicted octanol–water partition coefficient (Wildman–Crippen LogP) is 0.285. The number of hydrogen-bond acceptors (Lipinski definition) is 6. The van der Waals surface area contributed by atoms with Crippen LogP contribution in [-0.4, -0.2) is 60.2 Å². The molecule has 6 nitrogen and oxygen atoms in total. The first kappa shape index (κ1) is 11.3. The summed E-state index contributed by atoms with van der Waals surface area (Å²) in [5.41, 5.74) is 0. The SMILES string of the molecule is COc1nc(Cl)nc(N2CCN(C)CC2)n1. The maximum Gasteiger partial charge on any atom is 0.322 e. The third kappa shape index (κ3) is 2.51. The zero-order chi connectivity index (χ0) is 11.5. The summed E-state index contributed by atoms with van der Waals surface area (Å²) in [5, 5.41) is 0.167. The van der Waals surface area contributed by atoms with Gasteiger partial charge in [0.05, 0.1) is 7.11 Å². The number of methoxy groups -OCH3 is 1. The maximum atomic E-state index is 5.80. The zero-order valence-corrected chi connectivity index (χ0v) is 10.1. The molecule has 1 saturated heterocycles. The molecule has 88 valence electrons. The van der Waals surface area contributed by atoms with E-state index in [1.165, 1.54) is 7.11 Å². The Bertz CT molecular complexity index is 367. The average molecular weight is 244 g/mol. The van der Waals surface area contributed by atoms with E-state index in [0.717, 1.165) is 26.2 Å². The molecule has 0 N–H and O–H groups in total. The van der Waals surface area contributed by atoms with Crippen molar-refractivity contribution in [2.45, 2.75) is 0 Å². The summed E-state index contributed by atoms with van der Waals surface area (Å²) in [6, 6.07) is 0.258. The van der Waals surface area contributed by atoms with Gasteiger partial charge in [-0.15, -0.1) is 0 Å². The van der Waals surface area contributed by atoms with Crippen molar-refractivity contribution in [1.29, 1.82) is 0 Å². The average Bonchev–Trinajstić information content (AvgIpc) is 2.29. The summed E-state index contributed by atoms with van der Waals surface area (Å²) in [5.74, 6) is 0.588. The third-order valence-corrected chi connectivity index (χ3v) is 2.71. The molecular weight excluding hydrogens is 230 g/mol. The molecule has 0 spiro atoms. The molecule has 0 aromatic carbocycles. The fourth-order valence-corrected chi connectivity index (χ4v) is 1.71. The van der Waals surface area contributed by atoms with Gasteiger partial charge in [0.1, 0.15) is 0 Å². The smallest absolute Gasteiger partial charge is 0.322 e. The zero-order valence-electron chi connectivity index (χ0n) is 9.35. The molecule has 0 radical (unpaired) electrons. The van der Waals surface area contributed by atoms with E-state index in [1.807, 2.05) is 0 Å². The van der Waals surface area contributed by atoms with Crippen molar-refractivity contribution in [3.63, 3.8) is 0 Å². The number of piperazine rings is 1. The molecule has 0 bridgehead atoms. The van der Waals surface area contributed by atoms with Gasteiger partial charge in [0.15, 0.2) is 0 Å². The minimum atomic E-state index is 0.167. The van der Waals surface area contributed by atoms with E-state index in [1.54, 1.807) is 0 Å². The fraction of sp³-hybridized carbons (Fsp3) is 0.667. The van der Waals surface area contributed by atoms with Crippen molar-refractivity contribution in [1.82, 2.24) is 19.9 Å². The first-order valence-corrected chi connectivity index (χ1v) is 5.46. The van der Waals surface area contributed by atoms with Crippen molar-refractivity contribution in [2.24, 2.45) is 0 Å². The molecule has 1 aliphatic heterocycles. The standard InChI is InChI=1S/C9H14ClN5O/c1-14-3-5-15(6-4-14)8-11-7(10)12-9(13-8)16-2/h3-6H2,1-2H3. The third-order valence-electron chi connectivity index (χ3n) is 2.54. The normalized spacial score (nSPS) is 17.6. The van der Waals surface area contributed by atoms with Crippen molar-refractivity contribution in [2.75, 3.05) is 45.2 Å². The Morgan fingerprint density at radius 3 is 2.44 bits per heavy atom. The molecule has 0 saturated carbocycles. The van der Waals surface area contributed by atoms with Gasteiger partial charge in [-0.25, -0.2) is 0 Å². The van der Waals surface area contributed by atoms with Crippen molar-refractivity contribution >= 4 is 17.5 Å². The quantitative estimate of drug-likeness (QED) is 0.744. The molecular formula is C9H14ClN5O. The maximum absolute atomic E-state index is 5.80. The molecule has 1 fully saturated rings. The van der Waals surface area contributed by atoms with Crippen LogP contribution >= 0.6 is 11.6 Å². The largest absolute Gasteiger partial charge is 0.467 e. The van der Waals surface area contributed by atoms with Crippen LogP contribution in [0.4, 0.5) is 5.95 Å². The van der Waals surface area contributed by atoms with Crippen molar-refractivity contribution < 1.29 is 4.74 Å². The lowest BCUT2D eigenvalue weighted by atomic mass is 10.3. The molecule has 0 amide bonds. The van der Waals surface area contributed by atoms with Crippen LogP contribution in [0.15, 0.2) is 0 Å². The Morgan fingerprint density at radius 1 is 1.12 bits per heavy atom. The van der Waals surface area contributed by atoms with E-state index in [-0.39, 0.29) is 11.3 Å². The second kappa shape index (κ2) is 4.80. The molecule has 0 atom stereocenters. The Hall–Kier alpha value is -1.14.